The van der Waals surface area contributed by atoms with E-state index in [1.807, 2.05) is 0 Å². The van der Waals surface area contributed by atoms with Crippen molar-refractivity contribution >= 4 is 23.0 Å². The molecule has 0 saturated carbocycles. The van der Waals surface area contributed by atoms with Crippen LogP contribution in [0.25, 0.3) is 0 Å². The van der Waals surface area contributed by atoms with Crippen molar-refractivity contribution in [2.24, 2.45) is 0 Å². The number of carboxylic acids is 1. The SMILES string of the molecule is Cc1ccc(C(=O)O)c(C(=O)Oc2cccc(S(=O)Oc3cccc(OOCc4ccc(O)cc4COO)c3)c2)c1. The van der Waals surface area contributed by atoms with Crippen molar-refractivity contribution in [2.45, 2.75) is 25.0 Å². The van der Waals surface area contributed by atoms with Crippen molar-refractivity contribution < 1.29 is 52.9 Å². The first kappa shape index (κ1) is 29.2. The smallest absolute Gasteiger partial charge is 0.344 e. The molecule has 41 heavy (non-hydrogen) atoms. The zero-order valence-electron chi connectivity index (χ0n) is 21.5. The number of hydrogen-bond donors (Lipinski definition) is 3. The van der Waals surface area contributed by atoms with Crippen LogP contribution in [0, 0.1) is 6.92 Å². The molecule has 0 fully saturated rings. The molecule has 1 atom stereocenters. The highest BCUT2D eigenvalue weighted by Crippen LogP contribution is 2.25. The number of aromatic carboxylic acids is 1. The van der Waals surface area contributed by atoms with Gasteiger partial charge in [0.1, 0.15) is 30.5 Å². The summed E-state index contributed by atoms with van der Waals surface area (Å²) in [4.78, 5) is 39.1. The highest BCUT2D eigenvalue weighted by Gasteiger charge is 2.19. The number of carbonyl (C=O) groups is 2. The van der Waals surface area contributed by atoms with Crippen LogP contribution in [-0.4, -0.2) is 31.6 Å². The first-order valence-corrected chi connectivity index (χ1v) is 13.0. The van der Waals surface area contributed by atoms with Crippen molar-refractivity contribution in [1.29, 1.82) is 0 Å². The van der Waals surface area contributed by atoms with Gasteiger partial charge in [-0.25, -0.2) is 18.7 Å². The van der Waals surface area contributed by atoms with Gasteiger partial charge in [0.25, 0.3) is 0 Å². The normalized spacial score (nSPS) is 11.5. The molecule has 0 bridgehead atoms. The lowest BCUT2D eigenvalue weighted by atomic mass is 10.0. The third kappa shape index (κ3) is 7.90. The number of esters is 1. The van der Waals surface area contributed by atoms with Crippen LogP contribution in [0.2, 0.25) is 0 Å². The molecule has 0 spiro atoms. The molecular weight excluding hydrogens is 556 g/mol. The van der Waals surface area contributed by atoms with Gasteiger partial charge in [0, 0.05) is 12.1 Å². The van der Waals surface area contributed by atoms with Gasteiger partial charge in [-0.1, -0.05) is 29.8 Å². The molecule has 4 aromatic carbocycles. The van der Waals surface area contributed by atoms with E-state index in [4.69, 9.17) is 24.0 Å². The number of benzene rings is 4. The lowest BCUT2D eigenvalue weighted by Crippen LogP contribution is -2.14. The summed E-state index contributed by atoms with van der Waals surface area (Å²) in [5.41, 5.74) is 1.48. The fourth-order valence-corrected chi connectivity index (χ4v) is 4.43. The minimum Gasteiger partial charge on any atom is -0.508 e. The summed E-state index contributed by atoms with van der Waals surface area (Å²) in [5, 5.41) is 27.7. The molecule has 12 heteroatoms. The molecule has 0 aliphatic heterocycles. The van der Waals surface area contributed by atoms with Gasteiger partial charge in [-0.05, 0) is 66.6 Å². The van der Waals surface area contributed by atoms with Gasteiger partial charge >= 0.3 is 11.9 Å². The van der Waals surface area contributed by atoms with Crippen molar-refractivity contribution in [3.05, 3.63) is 113 Å². The van der Waals surface area contributed by atoms with Gasteiger partial charge < -0.3 is 24.0 Å². The highest BCUT2D eigenvalue weighted by atomic mass is 32.2. The number of ether oxygens (including phenoxy) is 1. The Balaban J connectivity index is 1.39. The third-order valence-electron chi connectivity index (χ3n) is 5.59. The summed E-state index contributed by atoms with van der Waals surface area (Å²) in [7, 11) is 0. The molecule has 3 N–H and O–H groups in total. The zero-order chi connectivity index (χ0) is 29.4. The molecule has 1 unspecified atom stereocenters. The predicted molar refractivity (Wildman–Crippen MR) is 144 cm³/mol. The Kier molecular flexibility index (Phi) is 9.66. The Labute approximate surface area is 236 Å². The summed E-state index contributed by atoms with van der Waals surface area (Å²) in [6.07, 6.45) is 0. The van der Waals surface area contributed by atoms with E-state index in [2.05, 4.69) is 4.89 Å². The lowest BCUT2D eigenvalue weighted by Gasteiger charge is -2.11. The standard InChI is InChI=1S/C29H24O11S/c1-18-8-11-26(28(31)32)27(12-18)29(33)38-22-4-3-7-25(15-22)41(35)40-24-6-2-5-23(14-24)39-37-17-19-9-10-21(30)13-20(19)16-36-34/h2-15,30,34H,16-17H2,1H3,(H,31,32). The Morgan fingerprint density at radius 3 is 2.34 bits per heavy atom. The van der Waals surface area contributed by atoms with Crippen molar-refractivity contribution in [2.75, 3.05) is 0 Å². The molecule has 0 aromatic heterocycles. The maximum Gasteiger partial charge on any atom is 0.344 e. The van der Waals surface area contributed by atoms with E-state index in [1.54, 1.807) is 37.3 Å². The Hall–Kier alpha value is -4.75. The maximum absolute atomic E-state index is 12.9. The fourth-order valence-electron chi connectivity index (χ4n) is 3.65. The Morgan fingerprint density at radius 2 is 1.56 bits per heavy atom. The first-order chi connectivity index (χ1) is 19.7. The topological polar surface area (TPSA) is 158 Å². The summed E-state index contributed by atoms with van der Waals surface area (Å²) in [6.45, 7) is 1.53. The predicted octanol–water partition coefficient (Wildman–Crippen LogP) is 5.22. The fraction of sp³-hybridized carbons (Fsp3) is 0.103. The number of aryl methyl sites for hydroxylation is 1. The van der Waals surface area contributed by atoms with E-state index in [0.29, 0.717) is 16.7 Å². The van der Waals surface area contributed by atoms with Crippen LogP contribution >= 0.6 is 0 Å². The lowest BCUT2D eigenvalue weighted by molar-refractivity contribution is -0.253. The number of hydrogen-bond acceptors (Lipinski definition) is 10. The van der Waals surface area contributed by atoms with Crippen molar-refractivity contribution in [1.82, 2.24) is 0 Å². The number of phenolic OH excluding ortho intramolecular Hbond substituents is 1. The van der Waals surface area contributed by atoms with E-state index in [1.165, 1.54) is 54.6 Å². The van der Waals surface area contributed by atoms with E-state index < -0.39 is 23.0 Å². The van der Waals surface area contributed by atoms with Crippen LogP contribution in [0.4, 0.5) is 0 Å². The number of rotatable bonds is 12. The van der Waals surface area contributed by atoms with Crippen LogP contribution in [0.3, 0.4) is 0 Å². The van der Waals surface area contributed by atoms with Gasteiger partial charge in [0.15, 0.2) is 5.75 Å². The second-order valence-corrected chi connectivity index (χ2v) is 9.69. The quantitative estimate of drug-likeness (QED) is 0.0873. The second kappa shape index (κ2) is 13.5. The summed E-state index contributed by atoms with van der Waals surface area (Å²) in [5.74, 6) is -1.65. The van der Waals surface area contributed by atoms with Crippen molar-refractivity contribution in [3.63, 3.8) is 0 Å². The summed E-state index contributed by atoms with van der Waals surface area (Å²) in [6, 6.07) is 20.8. The van der Waals surface area contributed by atoms with E-state index in [9.17, 15) is 24.0 Å². The zero-order valence-corrected chi connectivity index (χ0v) is 22.3. The molecule has 0 amide bonds. The number of phenols is 1. The minimum absolute atomic E-state index is 0.00173. The Bertz CT molecular complexity index is 1590. The largest absolute Gasteiger partial charge is 0.508 e. The molecule has 4 aromatic rings. The van der Waals surface area contributed by atoms with Crippen LogP contribution < -0.4 is 13.8 Å². The van der Waals surface area contributed by atoms with Gasteiger partial charge in [0.2, 0.25) is 11.1 Å². The van der Waals surface area contributed by atoms with Crippen LogP contribution in [0.15, 0.2) is 89.8 Å². The van der Waals surface area contributed by atoms with Gasteiger partial charge in [0.05, 0.1) is 16.0 Å². The van der Waals surface area contributed by atoms with Crippen LogP contribution in [-0.2, 0) is 34.1 Å². The van der Waals surface area contributed by atoms with E-state index in [0.717, 1.165) is 0 Å². The molecule has 0 saturated heterocycles. The average molecular weight is 581 g/mol. The molecule has 0 aliphatic carbocycles. The molecule has 0 radical (unpaired) electrons. The third-order valence-corrected chi connectivity index (χ3v) is 6.57. The molecule has 11 nitrogen and oxygen atoms in total. The number of carbonyl (C=O) groups excluding carboxylic acids is 1. The Morgan fingerprint density at radius 1 is 0.805 bits per heavy atom. The molecule has 4 rings (SSSR count). The summed E-state index contributed by atoms with van der Waals surface area (Å²) < 4.78 is 23.8. The van der Waals surface area contributed by atoms with E-state index >= 15 is 0 Å². The van der Waals surface area contributed by atoms with Gasteiger partial charge in [-0.2, -0.15) is 4.89 Å². The van der Waals surface area contributed by atoms with Crippen molar-refractivity contribution in [3.8, 4) is 23.0 Å². The van der Waals surface area contributed by atoms with Gasteiger partial charge in [-0.3, -0.25) is 5.26 Å². The first-order valence-electron chi connectivity index (χ1n) is 12.0. The van der Waals surface area contributed by atoms with Crippen LogP contribution in [0.1, 0.15) is 37.4 Å². The highest BCUT2D eigenvalue weighted by molar-refractivity contribution is 7.80. The minimum atomic E-state index is -2.01. The van der Waals surface area contributed by atoms with E-state index in [-0.39, 0.29) is 52.2 Å². The molecule has 0 aliphatic rings. The second-order valence-electron chi connectivity index (χ2n) is 8.58. The number of aromatic hydroxyl groups is 1. The van der Waals surface area contributed by atoms with Gasteiger partial charge in [-0.15, -0.1) is 0 Å². The number of carboxylic acid groups (broad SMARTS) is 1. The molecular formula is C29H24O11S. The van der Waals surface area contributed by atoms with Crippen LogP contribution in [0.5, 0.6) is 23.0 Å². The molecule has 212 valence electrons. The maximum atomic E-state index is 12.9. The summed E-state index contributed by atoms with van der Waals surface area (Å²) >= 11 is -2.01. The monoisotopic (exact) mass is 580 g/mol. The average Bonchev–Trinajstić information content (AvgIpc) is 2.94. The molecule has 0 heterocycles.